The molecule has 4 aromatic rings. The van der Waals surface area contributed by atoms with Gasteiger partial charge in [0.05, 0.1) is 5.69 Å². The van der Waals surface area contributed by atoms with Crippen LogP contribution in [-0.2, 0) is 12.8 Å². The van der Waals surface area contributed by atoms with Gasteiger partial charge in [-0.1, -0.05) is 32.0 Å². The molecule has 0 aliphatic carbocycles. The van der Waals surface area contributed by atoms with Gasteiger partial charge in [-0.2, -0.15) is 5.26 Å². The highest BCUT2D eigenvalue weighted by Crippen LogP contribution is 2.34. The van der Waals surface area contributed by atoms with Crippen LogP contribution in [0.2, 0.25) is 0 Å². The lowest BCUT2D eigenvalue weighted by molar-refractivity contribution is 0.848. The molecule has 0 saturated heterocycles. The summed E-state index contributed by atoms with van der Waals surface area (Å²) in [5.41, 5.74) is 4.69. The molecule has 0 saturated carbocycles. The molecule has 0 N–H and O–H groups in total. The van der Waals surface area contributed by atoms with E-state index in [9.17, 15) is 0 Å². The Morgan fingerprint density at radius 2 is 1.73 bits per heavy atom. The second-order valence-corrected chi connectivity index (χ2v) is 7.47. The number of nitrogens with zero attached hydrogens (tertiary/aromatic N) is 7. The van der Waals surface area contributed by atoms with Crippen molar-refractivity contribution in [2.75, 3.05) is 0 Å². The Balaban J connectivity index is 1.91. The minimum absolute atomic E-state index is 0.279. The number of rotatable bonds is 6. The first kappa shape index (κ1) is 19.7. The van der Waals surface area contributed by atoms with Crippen molar-refractivity contribution in [3.63, 3.8) is 0 Å². The fourth-order valence-electron chi connectivity index (χ4n) is 3.25. The molecule has 8 heteroatoms. The third-order valence-corrected chi connectivity index (χ3v) is 5.57. The largest absolute Gasteiger partial charge is 0.269 e. The molecule has 0 unspecified atom stereocenters. The van der Waals surface area contributed by atoms with Gasteiger partial charge in [0, 0.05) is 18.0 Å². The first-order valence-electron chi connectivity index (χ1n) is 9.63. The van der Waals surface area contributed by atoms with Crippen molar-refractivity contribution in [1.29, 1.82) is 5.26 Å². The fourth-order valence-corrected chi connectivity index (χ4v) is 4.01. The molecule has 1 aromatic carbocycles. The van der Waals surface area contributed by atoms with E-state index in [1.54, 1.807) is 24.5 Å². The van der Waals surface area contributed by atoms with E-state index in [2.05, 4.69) is 62.0 Å². The van der Waals surface area contributed by atoms with Crippen LogP contribution < -0.4 is 0 Å². The zero-order valence-electron chi connectivity index (χ0n) is 16.6. The summed E-state index contributed by atoms with van der Waals surface area (Å²) in [5, 5.41) is 27.3. The van der Waals surface area contributed by atoms with Crippen LogP contribution >= 0.6 is 11.8 Å². The van der Waals surface area contributed by atoms with Crippen molar-refractivity contribution in [2.24, 2.45) is 0 Å². The molecular weight excluding hydrogens is 394 g/mol. The van der Waals surface area contributed by atoms with E-state index in [-0.39, 0.29) is 5.69 Å². The maximum absolute atomic E-state index is 8.96. The molecule has 3 heterocycles. The molecule has 0 amide bonds. The Labute approximate surface area is 178 Å². The summed E-state index contributed by atoms with van der Waals surface area (Å²) in [6.07, 6.45) is 5.30. The van der Waals surface area contributed by atoms with Crippen LogP contribution in [0.4, 0.5) is 0 Å². The van der Waals surface area contributed by atoms with Gasteiger partial charge in [-0.05, 0) is 60.0 Å². The second-order valence-electron chi connectivity index (χ2n) is 6.49. The smallest absolute Gasteiger partial charge is 0.202 e. The van der Waals surface area contributed by atoms with E-state index in [1.807, 2.05) is 18.2 Å². The van der Waals surface area contributed by atoms with E-state index in [1.165, 1.54) is 22.9 Å². The molecule has 30 heavy (non-hydrogen) atoms. The molecule has 0 aliphatic heterocycles. The first-order chi connectivity index (χ1) is 14.7. The molecule has 7 nitrogen and oxygen atoms in total. The van der Waals surface area contributed by atoms with Gasteiger partial charge in [0.25, 0.3) is 0 Å². The van der Waals surface area contributed by atoms with Gasteiger partial charge in [-0.25, -0.2) is 0 Å². The Bertz CT molecular complexity index is 1170. The summed E-state index contributed by atoms with van der Waals surface area (Å²) in [7, 11) is 0. The van der Waals surface area contributed by atoms with Crippen molar-refractivity contribution >= 4 is 11.8 Å². The lowest BCUT2D eigenvalue weighted by atomic mass is 10.0. The predicted molar refractivity (Wildman–Crippen MR) is 114 cm³/mol. The van der Waals surface area contributed by atoms with Crippen LogP contribution in [0.1, 0.15) is 30.7 Å². The number of aromatic nitrogens is 6. The molecule has 0 atom stereocenters. The lowest BCUT2D eigenvalue weighted by Gasteiger charge is -2.17. The maximum atomic E-state index is 8.96. The summed E-state index contributed by atoms with van der Waals surface area (Å²) in [5.74, 6) is 0.725. The highest BCUT2D eigenvalue weighted by atomic mass is 32.2. The van der Waals surface area contributed by atoms with E-state index in [4.69, 9.17) is 5.26 Å². The van der Waals surface area contributed by atoms with Gasteiger partial charge in [-0.15, -0.1) is 20.4 Å². The molecule has 4 rings (SSSR count). The number of hydrogen-bond donors (Lipinski definition) is 0. The summed E-state index contributed by atoms with van der Waals surface area (Å²) in [6.45, 7) is 4.29. The number of para-hydroxylation sites is 1. The Hall–Kier alpha value is -3.57. The number of nitriles is 1. The van der Waals surface area contributed by atoms with Gasteiger partial charge in [0.2, 0.25) is 5.16 Å². The minimum atomic E-state index is 0.279. The fraction of sp³-hybridized carbons (Fsp3) is 0.182. The monoisotopic (exact) mass is 413 g/mol. The molecule has 0 bridgehead atoms. The summed E-state index contributed by atoms with van der Waals surface area (Å²) >= 11 is 1.37. The van der Waals surface area contributed by atoms with Crippen LogP contribution in [0.5, 0.6) is 0 Å². The van der Waals surface area contributed by atoms with Crippen molar-refractivity contribution in [3.05, 3.63) is 71.7 Å². The van der Waals surface area contributed by atoms with E-state index in [0.29, 0.717) is 10.2 Å². The van der Waals surface area contributed by atoms with Crippen molar-refractivity contribution in [3.8, 4) is 23.1 Å². The number of pyridine rings is 1. The Kier molecular flexibility index (Phi) is 5.82. The molecule has 3 aromatic heterocycles. The quantitative estimate of drug-likeness (QED) is 0.466. The highest BCUT2D eigenvalue weighted by molar-refractivity contribution is 7.99. The molecule has 148 valence electrons. The van der Waals surface area contributed by atoms with Crippen LogP contribution in [-0.4, -0.2) is 29.9 Å². The van der Waals surface area contributed by atoms with Gasteiger partial charge in [0.1, 0.15) is 11.1 Å². The summed E-state index contributed by atoms with van der Waals surface area (Å²) < 4.78 is 2.08. The zero-order chi connectivity index (χ0) is 20.9. The average Bonchev–Trinajstić information content (AvgIpc) is 3.22. The number of benzene rings is 1. The number of aryl methyl sites for hydroxylation is 2. The maximum Gasteiger partial charge on any atom is 0.202 e. The topological polar surface area (TPSA) is 93.2 Å². The van der Waals surface area contributed by atoms with Crippen molar-refractivity contribution in [1.82, 2.24) is 29.9 Å². The van der Waals surface area contributed by atoms with Crippen LogP contribution in [0.25, 0.3) is 17.1 Å². The molecular formula is C22H19N7S. The Morgan fingerprint density at radius 3 is 2.33 bits per heavy atom. The zero-order valence-corrected chi connectivity index (χ0v) is 17.5. The normalized spacial score (nSPS) is 10.7. The number of hydrogen-bond acceptors (Lipinski definition) is 7. The standard InChI is InChI=1S/C22H19N7S/c1-3-15-7-5-8-16(4-2)20(15)29-21(17-9-6-12-24-14-17)27-28-22(29)30-19-11-10-18(13-23)25-26-19/h5-12,14H,3-4H2,1-2H3. The van der Waals surface area contributed by atoms with E-state index < -0.39 is 0 Å². The van der Waals surface area contributed by atoms with E-state index >= 15 is 0 Å². The van der Waals surface area contributed by atoms with E-state index in [0.717, 1.165) is 29.9 Å². The van der Waals surface area contributed by atoms with Gasteiger partial charge >= 0.3 is 0 Å². The highest BCUT2D eigenvalue weighted by Gasteiger charge is 2.21. The van der Waals surface area contributed by atoms with Crippen molar-refractivity contribution in [2.45, 2.75) is 36.9 Å². The third kappa shape index (κ3) is 3.80. The van der Waals surface area contributed by atoms with Crippen molar-refractivity contribution < 1.29 is 0 Å². The molecule has 0 spiro atoms. The first-order valence-corrected chi connectivity index (χ1v) is 10.5. The van der Waals surface area contributed by atoms with Gasteiger partial charge < -0.3 is 0 Å². The predicted octanol–water partition coefficient (Wildman–Crippen LogP) is 4.27. The lowest BCUT2D eigenvalue weighted by Crippen LogP contribution is -2.07. The van der Waals surface area contributed by atoms with Crippen LogP contribution in [0.15, 0.2) is 65.0 Å². The molecule has 0 radical (unpaired) electrons. The SMILES string of the molecule is CCc1cccc(CC)c1-n1c(Sc2ccc(C#N)nn2)nnc1-c1cccnc1. The van der Waals surface area contributed by atoms with Crippen LogP contribution in [0.3, 0.4) is 0 Å². The second kappa shape index (κ2) is 8.84. The molecule has 0 fully saturated rings. The summed E-state index contributed by atoms with van der Waals surface area (Å²) in [4.78, 5) is 4.25. The van der Waals surface area contributed by atoms with Gasteiger partial charge in [0.15, 0.2) is 11.5 Å². The third-order valence-electron chi connectivity index (χ3n) is 4.69. The Morgan fingerprint density at radius 1 is 0.933 bits per heavy atom. The summed E-state index contributed by atoms with van der Waals surface area (Å²) in [6, 6.07) is 15.6. The molecule has 0 aliphatic rings. The minimum Gasteiger partial charge on any atom is -0.269 e. The van der Waals surface area contributed by atoms with Crippen LogP contribution in [0, 0.1) is 11.3 Å². The average molecular weight is 414 g/mol. The van der Waals surface area contributed by atoms with Gasteiger partial charge in [-0.3, -0.25) is 9.55 Å².